The molecule has 1 N–H and O–H groups in total. The van der Waals surface area contributed by atoms with Crippen molar-refractivity contribution in [3.63, 3.8) is 0 Å². The van der Waals surface area contributed by atoms with E-state index in [4.69, 9.17) is 4.74 Å². The maximum atomic E-state index is 11.6. The summed E-state index contributed by atoms with van der Waals surface area (Å²) in [7, 11) is 0. The first-order valence-electron chi connectivity index (χ1n) is 5.84. The second-order valence-electron chi connectivity index (χ2n) is 3.65. The average Bonchev–Trinajstić information content (AvgIpc) is 2.36. The van der Waals surface area contributed by atoms with Gasteiger partial charge in [-0.3, -0.25) is 4.79 Å². The Bertz CT molecular complexity index is 330. The van der Waals surface area contributed by atoms with Gasteiger partial charge in [0.2, 0.25) is 5.82 Å². The van der Waals surface area contributed by atoms with Gasteiger partial charge in [0.05, 0.1) is 13.2 Å². The number of ether oxygens (including phenoxy) is 1. The molecule has 0 bridgehead atoms. The smallest absolute Gasteiger partial charge is 0.305 e. The average molecular weight is 238 g/mol. The summed E-state index contributed by atoms with van der Waals surface area (Å²) in [5.74, 6) is 0.293. The van der Waals surface area contributed by atoms with Crippen molar-refractivity contribution in [2.75, 3.05) is 13.2 Å². The van der Waals surface area contributed by atoms with Crippen molar-refractivity contribution in [3.8, 4) is 0 Å². The van der Waals surface area contributed by atoms with Crippen LogP contribution in [0.5, 0.6) is 0 Å². The summed E-state index contributed by atoms with van der Waals surface area (Å²) in [6, 6.07) is 5.27. The minimum atomic E-state index is -0.196. The highest BCUT2D eigenvalue weighted by molar-refractivity contribution is 5.69. The predicted octanol–water partition coefficient (Wildman–Crippen LogP) is 0.829. The minimum absolute atomic E-state index is 0.0226. The van der Waals surface area contributed by atoms with E-state index in [-0.39, 0.29) is 11.0 Å². The zero-order valence-corrected chi connectivity index (χ0v) is 10.0. The quantitative estimate of drug-likeness (QED) is 0.434. The third-order valence-corrected chi connectivity index (χ3v) is 2.29. The molecule has 94 valence electrons. The number of carbonyl (C=O) groups is 1. The van der Waals surface area contributed by atoms with Gasteiger partial charge < -0.3 is 15.0 Å². The molecular weight excluding hydrogens is 220 g/mol. The number of pyridine rings is 1. The largest absolute Gasteiger partial charge is 0.628 e. The fourth-order valence-electron chi connectivity index (χ4n) is 1.44. The molecular formula is C12H18N2O3. The van der Waals surface area contributed by atoms with E-state index in [1.807, 2.05) is 0 Å². The van der Waals surface area contributed by atoms with Crippen LogP contribution < -0.4 is 5.06 Å². The maximum Gasteiger partial charge on any atom is 0.305 e. The summed E-state index contributed by atoms with van der Waals surface area (Å²) in [6.45, 7) is 2.62. The molecule has 5 heteroatoms. The van der Waals surface area contributed by atoms with Crippen molar-refractivity contribution in [2.45, 2.75) is 26.2 Å². The molecule has 1 atom stereocenters. The summed E-state index contributed by atoms with van der Waals surface area (Å²) >= 11 is 0. The monoisotopic (exact) mass is 238 g/mol. The molecule has 0 amide bonds. The van der Waals surface area contributed by atoms with E-state index in [1.165, 1.54) is 0 Å². The van der Waals surface area contributed by atoms with Crippen molar-refractivity contribution in [3.05, 3.63) is 29.6 Å². The van der Waals surface area contributed by atoms with Gasteiger partial charge in [-0.2, -0.15) is 0 Å². The lowest BCUT2D eigenvalue weighted by Crippen LogP contribution is -3.02. The Labute approximate surface area is 101 Å². The summed E-state index contributed by atoms with van der Waals surface area (Å²) in [6.07, 6.45) is 3.35. The van der Waals surface area contributed by atoms with Gasteiger partial charge in [-0.15, -0.1) is 0 Å². The van der Waals surface area contributed by atoms with Crippen LogP contribution in [0.2, 0.25) is 0 Å². The number of rotatable bonds is 7. The molecule has 1 unspecified atom stereocenters. The molecule has 1 aromatic heterocycles. The lowest BCUT2D eigenvalue weighted by molar-refractivity contribution is -0.779. The molecule has 5 nitrogen and oxygen atoms in total. The van der Waals surface area contributed by atoms with Gasteiger partial charge in [0.1, 0.15) is 0 Å². The standard InChI is InChI=1S/C12H18N2O3/c1-2-17-12(15)8-4-6-10-14(16)11-7-3-5-9-13-11/h3,5,7,9,14H,2,4,6,8,10H2,1H3. The number of nitrogens with one attached hydrogen (secondary N) is 1. The first-order chi connectivity index (χ1) is 8.24. The van der Waals surface area contributed by atoms with E-state index in [0.717, 1.165) is 0 Å². The van der Waals surface area contributed by atoms with Gasteiger partial charge in [0.15, 0.2) is 0 Å². The van der Waals surface area contributed by atoms with Gasteiger partial charge in [0.25, 0.3) is 0 Å². The van der Waals surface area contributed by atoms with Crippen molar-refractivity contribution in [2.24, 2.45) is 0 Å². The predicted molar refractivity (Wildman–Crippen MR) is 63.6 cm³/mol. The van der Waals surface area contributed by atoms with Crippen LogP contribution in [0.1, 0.15) is 26.2 Å². The second kappa shape index (κ2) is 7.76. The second-order valence-corrected chi connectivity index (χ2v) is 3.65. The lowest BCUT2D eigenvalue weighted by atomic mass is 10.2. The fourth-order valence-corrected chi connectivity index (χ4v) is 1.44. The summed E-state index contributed by atoms with van der Waals surface area (Å²) in [5.41, 5.74) is 0. The van der Waals surface area contributed by atoms with Crippen molar-refractivity contribution < 1.29 is 14.6 Å². The van der Waals surface area contributed by atoms with Crippen molar-refractivity contribution in [1.29, 1.82) is 0 Å². The Kier molecular flexibility index (Phi) is 6.21. The van der Waals surface area contributed by atoms with Crippen molar-refractivity contribution >= 4 is 11.8 Å². The zero-order valence-electron chi connectivity index (χ0n) is 10.0. The molecule has 0 aromatic carbocycles. The number of carbonyl (C=O) groups excluding carboxylic acids is 1. The molecule has 0 radical (unpaired) electrons. The minimum Gasteiger partial charge on any atom is -0.628 e. The van der Waals surface area contributed by atoms with E-state index >= 15 is 0 Å². The summed E-state index contributed by atoms with van der Waals surface area (Å²) in [5, 5.41) is 11.7. The topological polar surface area (TPSA) is 66.7 Å². The molecule has 0 aliphatic heterocycles. The number of unbranched alkanes of at least 4 members (excludes halogenated alkanes) is 1. The zero-order chi connectivity index (χ0) is 12.5. The summed E-state index contributed by atoms with van der Waals surface area (Å²) < 4.78 is 4.80. The van der Waals surface area contributed by atoms with Gasteiger partial charge in [-0.1, -0.05) is 6.07 Å². The van der Waals surface area contributed by atoms with E-state index in [0.29, 0.717) is 38.2 Å². The summed E-state index contributed by atoms with van der Waals surface area (Å²) in [4.78, 5) is 15.0. The Morgan fingerprint density at radius 1 is 1.47 bits per heavy atom. The molecule has 0 saturated heterocycles. The Morgan fingerprint density at radius 2 is 2.29 bits per heavy atom. The van der Waals surface area contributed by atoms with Crippen LogP contribution in [0.4, 0.5) is 5.82 Å². The molecule has 0 spiro atoms. The molecule has 17 heavy (non-hydrogen) atoms. The molecule has 1 heterocycles. The van der Waals surface area contributed by atoms with Gasteiger partial charge >= 0.3 is 5.97 Å². The maximum absolute atomic E-state index is 11.6. The van der Waals surface area contributed by atoms with Gasteiger partial charge in [0, 0.05) is 18.7 Å². The SMILES string of the molecule is CCOC(=O)CCCC[NH+]([O-])c1ccccn1. The van der Waals surface area contributed by atoms with Crippen LogP contribution >= 0.6 is 0 Å². The van der Waals surface area contributed by atoms with Crippen molar-refractivity contribution in [1.82, 2.24) is 4.98 Å². The van der Waals surface area contributed by atoms with Crippen LogP contribution in [-0.2, 0) is 9.53 Å². The number of hydrogen-bond donors (Lipinski definition) is 1. The third-order valence-electron chi connectivity index (χ3n) is 2.29. The number of hydrogen-bond acceptors (Lipinski definition) is 4. The Balaban J connectivity index is 2.17. The first-order valence-corrected chi connectivity index (χ1v) is 5.84. The number of quaternary nitrogens is 1. The van der Waals surface area contributed by atoms with E-state index in [9.17, 15) is 10.0 Å². The normalized spacial score (nSPS) is 12.1. The number of hydroxylamine groups is 1. The van der Waals surface area contributed by atoms with Crippen LogP contribution in [0.15, 0.2) is 24.4 Å². The van der Waals surface area contributed by atoms with E-state index in [2.05, 4.69) is 4.98 Å². The van der Waals surface area contributed by atoms with Gasteiger partial charge in [-0.05, 0) is 25.8 Å². The highest BCUT2D eigenvalue weighted by atomic mass is 16.5. The molecule has 1 aromatic rings. The van der Waals surface area contributed by atoms with Crippen LogP contribution in [0, 0.1) is 5.21 Å². The number of aromatic nitrogens is 1. The first kappa shape index (κ1) is 13.6. The molecule has 1 rings (SSSR count). The molecule has 0 aliphatic rings. The highest BCUT2D eigenvalue weighted by Gasteiger charge is 2.05. The molecule has 0 fully saturated rings. The third kappa shape index (κ3) is 5.42. The van der Waals surface area contributed by atoms with E-state index in [1.54, 1.807) is 31.3 Å². The lowest BCUT2D eigenvalue weighted by Gasteiger charge is -2.19. The van der Waals surface area contributed by atoms with Crippen LogP contribution in [0.25, 0.3) is 0 Å². The number of esters is 1. The Morgan fingerprint density at radius 3 is 2.94 bits per heavy atom. The number of nitrogens with zero attached hydrogens (tertiary/aromatic N) is 1. The molecule has 0 saturated carbocycles. The Hall–Kier alpha value is -1.46. The highest BCUT2D eigenvalue weighted by Crippen LogP contribution is 1.97. The van der Waals surface area contributed by atoms with Gasteiger partial charge in [-0.25, -0.2) is 4.98 Å². The fraction of sp³-hybridized carbons (Fsp3) is 0.500. The van der Waals surface area contributed by atoms with Crippen LogP contribution in [0.3, 0.4) is 0 Å². The van der Waals surface area contributed by atoms with E-state index < -0.39 is 0 Å². The van der Waals surface area contributed by atoms with Crippen LogP contribution in [-0.4, -0.2) is 24.1 Å². The molecule has 0 aliphatic carbocycles.